The van der Waals surface area contributed by atoms with Gasteiger partial charge >= 0.3 is 0 Å². The molecule has 2 rings (SSSR count). The first-order valence-corrected chi connectivity index (χ1v) is 6.20. The lowest BCUT2D eigenvalue weighted by molar-refractivity contribution is 0.622. The van der Waals surface area contributed by atoms with E-state index < -0.39 is 0 Å². The summed E-state index contributed by atoms with van der Waals surface area (Å²) >= 11 is 0. The molecule has 1 aromatic carbocycles. The number of benzene rings is 1. The van der Waals surface area contributed by atoms with Gasteiger partial charge in [0.2, 0.25) is 0 Å². The minimum atomic E-state index is -0.186. The minimum absolute atomic E-state index is 0. The Morgan fingerprint density at radius 3 is 2.63 bits per heavy atom. The third-order valence-corrected chi connectivity index (χ3v) is 2.98. The van der Waals surface area contributed by atoms with Crippen molar-refractivity contribution >= 4 is 12.4 Å². The van der Waals surface area contributed by atoms with Crippen molar-refractivity contribution in [2.24, 2.45) is 0 Å². The Hall–Kier alpha value is -1.39. The molecular formula is C14H19ClFN3. The van der Waals surface area contributed by atoms with E-state index in [1.54, 1.807) is 0 Å². The third kappa shape index (κ3) is 5.01. The Labute approximate surface area is 119 Å². The van der Waals surface area contributed by atoms with Crippen molar-refractivity contribution in [1.82, 2.24) is 15.5 Å². The highest BCUT2D eigenvalue weighted by Gasteiger charge is 1.99. The van der Waals surface area contributed by atoms with Gasteiger partial charge in [-0.1, -0.05) is 12.1 Å². The first kappa shape index (κ1) is 15.7. The first-order chi connectivity index (χ1) is 8.75. The molecule has 3 nitrogen and oxygen atoms in total. The zero-order valence-electron chi connectivity index (χ0n) is 10.9. The van der Waals surface area contributed by atoms with E-state index in [9.17, 15) is 4.39 Å². The summed E-state index contributed by atoms with van der Waals surface area (Å²) in [6.45, 7) is 3.76. The summed E-state index contributed by atoms with van der Waals surface area (Å²) in [6, 6.07) is 6.60. The summed E-state index contributed by atoms with van der Waals surface area (Å²) in [5.41, 5.74) is 3.53. The molecule has 104 valence electrons. The van der Waals surface area contributed by atoms with Crippen molar-refractivity contribution in [1.29, 1.82) is 0 Å². The number of rotatable bonds is 6. The molecule has 0 fully saturated rings. The van der Waals surface area contributed by atoms with Crippen LogP contribution in [0, 0.1) is 12.7 Å². The number of aromatic nitrogens is 2. The summed E-state index contributed by atoms with van der Waals surface area (Å²) in [5.74, 6) is -0.186. The Balaban J connectivity index is 0.00000180. The minimum Gasteiger partial charge on any atom is -0.313 e. The fourth-order valence-corrected chi connectivity index (χ4v) is 1.87. The maximum atomic E-state index is 12.7. The fraction of sp³-hybridized carbons (Fsp3) is 0.357. The summed E-state index contributed by atoms with van der Waals surface area (Å²) < 4.78 is 12.7. The van der Waals surface area contributed by atoms with Crippen molar-refractivity contribution in [2.45, 2.75) is 26.3 Å². The van der Waals surface area contributed by atoms with Gasteiger partial charge in [-0.25, -0.2) is 4.39 Å². The fourth-order valence-electron chi connectivity index (χ4n) is 1.87. The summed E-state index contributed by atoms with van der Waals surface area (Å²) in [5, 5.41) is 10.3. The van der Waals surface area contributed by atoms with Gasteiger partial charge < -0.3 is 5.32 Å². The average Bonchev–Trinajstić information content (AvgIpc) is 2.77. The van der Waals surface area contributed by atoms with E-state index in [0.717, 1.165) is 37.2 Å². The monoisotopic (exact) mass is 283 g/mol. The van der Waals surface area contributed by atoms with Crippen molar-refractivity contribution in [3.63, 3.8) is 0 Å². The van der Waals surface area contributed by atoms with Crippen LogP contribution in [0.5, 0.6) is 0 Å². The van der Waals surface area contributed by atoms with Gasteiger partial charge in [-0.3, -0.25) is 5.10 Å². The van der Waals surface area contributed by atoms with Gasteiger partial charge in [-0.15, -0.1) is 12.4 Å². The highest BCUT2D eigenvalue weighted by atomic mass is 35.5. The lowest BCUT2D eigenvalue weighted by Crippen LogP contribution is -2.15. The molecule has 5 heteroatoms. The average molecular weight is 284 g/mol. The van der Waals surface area contributed by atoms with Gasteiger partial charge in [0.1, 0.15) is 5.82 Å². The molecule has 0 saturated carbocycles. The molecular weight excluding hydrogens is 265 g/mol. The predicted octanol–water partition coefficient (Wildman–Crippen LogP) is 3.00. The lowest BCUT2D eigenvalue weighted by atomic mass is 10.1. The molecule has 0 aliphatic rings. The normalized spacial score (nSPS) is 10.2. The highest BCUT2D eigenvalue weighted by Crippen LogP contribution is 2.05. The second-order valence-electron chi connectivity index (χ2n) is 4.43. The number of aromatic amines is 1. The summed E-state index contributed by atoms with van der Waals surface area (Å²) in [7, 11) is 0. The highest BCUT2D eigenvalue weighted by molar-refractivity contribution is 5.85. The van der Waals surface area contributed by atoms with E-state index in [2.05, 4.69) is 15.5 Å². The molecule has 0 amide bonds. The Morgan fingerprint density at radius 1 is 1.26 bits per heavy atom. The molecule has 1 aromatic heterocycles. The van der Waals surface area contributed by atoms with Crippen molar-refractivity contribution < 1.29 is 4.39 Å². The SMILES string of the molecule is Cc1[nH]ncc1CCCNCc1ccc(F)cc1.Cl. The van der Waals surface area contributed by atoms with E-state index >= 15 is 0 Å². The number of H-pyrrole nitrogens is 1. The predicted molar refractivity (Wildman–Crippen MR) is 77.0 cm³/mol. The number of aryl methyl sites for hydroxylation is 2. The number of hydrogen-bond donors (Lipinski definition) is 2. The van der Waals surface area contributed by atoms with Crippen LogP contribution in [0.3, 0.4) is 0 Å². The lowest BCUT2D eigenvalue weighted by Gasteiger charge is -2.04. The van der Waals surface area contributed by atoms with Crippen LogP contribution in [0.1, 0.15) is 23.2 Å². The first-order valence-electron chi connectivity index (χ1n) is 6.20. The van der Waals surface area contributed by atoms with Crippen LogP contribution in [-0.4, -0.2) is 16.7 Å². The molecule has 0 aliphatic carbocycles. The topological polar surface area (TPSA) is 40.7 Å². The molecule has 0 atom stereocenters. The molecule has 2 aromatic rings. The second-order valence-corrected chi connectivity index (χ2v) is 4.43. The largest absolute Gasteiger partial charge is 0.313 e. The van der Waals surface area contributed by atoms with E-state index in [1.165, 1.54) is 17.7 Å². The maximum absolute atomic E-state index is 12.7. The van der Waals surface area contributed by atoms with Gasteiger partial charge in [0.25, 0.3) is 0 Å². The molecule has 0 bridgehead atoms. The Bertz CT molecular complexity index is 482. The van der Waals surface area contributed by atoms with Crippen LogP contribution in [0.25, 0.3) is 0 Å². The van der Waals surface area contributed by atoms with Gasteiger partial charge in [0, 0.05) is 12.2 Å². The van der Waals surface area contributed by atoms with E-state index in [-0.39, 0.29) is 18.2 Å². The van der Waals surface area contributed by atoms with E-state index in [0.29, 0.717) is 0 Å². The zero-order valence-corrected chi connectivity index (χ0v) is 11.8. The van der Waals surface area contributed by atoms with Gasteiger partial charge in [-0.2, -0.15) is 5.10 Å². The van der Waals surface area contributed by atoms with Crippen LogP contribution in [0.4, 0.5) is 4.39 Å². The second kappa shape index (κ2) is 7.92. The molecule has 0 saturated heterocycles. The molecule has 0 spiro atoms. The van der Waals surface area contributed by atoms with Gasteiger partial charge in [-0.05, 0) is 49.6 Å². The van der Waals surface area contributed by atoms with Crippen LogP contribution in [0.2, 0.25) is 0 Å². The molecule has 1 heterocycles. The molecule has 2 N–H and O–H groups in total. The molecule has 19 heavy (non-hydrogen) atoms. The number of halogens is 2. The Kier molecular flexibility index (Phi) is 6.53. The molecule has 0 radical (unpaired) electrons. The van der Waals surface area contributed by atoms with Crippen LogP contribution in [0.15, 0.2) is 30.5 Å². The Morgan fingerprint density at radius 2 is 2.00 bits per heavy atom. The standard InChI is InChI=1S/C14H18FN3.ClH/c1-11-13(10-17-18-11)3-2-8-16-9-12-4-6-14(15)7-5-12;/h4-7,10,16H,2-3,8-9H2,1H3,(H,17,18);1H. The van der Waals surface area contributed by atoms with Crippen LogP contribution >= 0.6 is 12.4 Å². The number of nitrogens with one attached hydrogen (secondary N) is 2. The van der Waals surface area contributed by atoms with Crippen molar-refractivity contribution in [3.05, 3.63) is 53.1 Å². The van der Waals surface area contributed by atoms with Gasteiger partial charge in [0.15, 0.2) is 0 Å². The maximum Gasteiger partial charge on any atom is 0.123 e. The van der Waals surface area contributed by atoms with Crippen LogP contribution in [-0.2, 0) is 13.0 Å². The van der Waals surface area contributed by atoms with E-state index in [1.807, 2.05) is 25.3 Å². The quantitative estimate of drug-likeness (QED) is 0.800. The molecule has 0 aliphatic heterocycles. The number of hydrogen-bond acceptors (Lipinski definition) is 2. The number of nitrogens with zero attached hydrogens (tertiary/aromatic N) is 1. The smallest absolute Gasteiger partial charge is 0.123 e. The third-order valence-electron chi connectivity index (χ3n) is 2.98. The van der Waals surface area contributed by atoms with Crippen LogP contribution < -0.4 is 5.32 Å². The summed E-state index contributed by atoms with van der Waals surface area (Å²) in [6.07, 6.45) is 3.98. The summed E-state index contributed by atoms with van der Waals surface area (Å²) in [4.78, 5) is 0. The van der Waals surface area contributed by atoms with Gasteiger partial charge in [0.05, 0.1) is 6.20 Å². The molecule has 0 unspecified atom stereocenters. The van der Waals surface area contributed by atoms with Crippen molar-refractivity contribution in [2.75, 3.05) is 6.54 Å². The van der Waals surface area contributed by atoms with E-state index in [4.69, 9.17) is 0 Å². The zero-order chi connectivity index (χ0) is 12.8. The van der Waals surface area contributed by atoms with Crippen molar-refractivity contribution in [3.8, 4) is 0 Å².